The molecule has 0 atom stereocenters. The molecule has 1 aromatic carbocycles. The van der Waals surface area contributed by atoms with E-state index < -0.39 is 0 Å². The van der Waals surface area contributed by atoms with Gasteiger partial charge in [-0.05, 0) is 44.2 Å². The summed E-state index contributed by atoms with van der Waals surface area (Å²) in [5, 5.41) is 4.16. The van der Waals surface area contributed by atoms with Crippen LogP contribution in [0, 0.1) is 0 Å². The van der Waals surface area contributed by atoms with Crippen molar-refractivity contribution in [2.75, 3.05) is 13.7 Å². The first kappa shape index (κ1) is 37.8. The van der Waals surface area contributed by atoms with Crippen LogP contribution in [0.25, 0.3) is 10.9 Å². The number of ether oxygens (including phenoxy) is 2. The predicted octanol–water partition coefficient (Wildman–Crippen LogP) is 10.6. The van der Waals surface area contributed by atoms with Crippen molar-refractivity contribution in [1.82, 2.24) is 5.32 Å². The van der Waals surface area contributed by atoms with Crippen molar-refractivity contribution in [2.45, 2.75) is 174 Å². The van der Waals surface area contributed by atoms with E-state index in [0.717, 1.165) is 37.7 Å². The fourth-order valence-corrected chi connectivity index (χ4v) is 7.11. The third-order valence-electron chi connectivity index (χ3n) is 9.81. The minimum absolute atomic E-state index is 0.160. The van der Waals surface area contributed by atoms with Crippen molar-refractivity contribution >= 4 is 23.0 Å². The Bertz CT molecular complexity index is 1130. The Morgan fingerprint density at radius 2 is 1.37 bits per heavy atom. The number of pyridine rings is 1. The van der Waals surface area contributed by atoms with Crippen molar-refractivity contribution in [3.63, 3.8) is 0 Å². The van der Waals surface area contributed by atoms with Gasteiger partial charge in [-0.15, -0.1) is 0 Å². The lowest BCUT2D eigenvalue weighted by atomic mass is 10.0. The van der Waals surface area contributed by atoms with Gasteiger partial charge in [0.2, 0.25) is 5.52 Å². The number of carbonyl (C=O) groups excluding carboxylic acids is 2. The molecule has 0 radical (unpaired) electrons. The lowest BCUT2D eigenvalue weighted by molar-refractivity contribution is -0.704. The van der Waals surface area contributed by atoms with Crippen LogP contribution in [-0.4, -0.2) is 25.7 Å². The van der Waals surface area contributed by atoms with E-state index in [1.54, 1.807) is 0 Å². The van der Waals surface area contributed by atoms with Crippen LogP contribution >= 0.6 is 0 Å². The standard InChI is InChI=1S/C40H64N2O4/c1-3-4-5-6-7-8-9-10-11-12-13-14-15-16-17-24-31-41-40(44)46-33-35-32-34-25-18-21-28-37(34)42(36-26-19-20-27-36)38(35)29-22-23-30-39(43)45-2/h18,21,25,28,32,36H,3-17,19-20,22-24,26-27,29-31,33H2,1-2H3/p+1. The molecule has 2 aromatic rings. The molecule has 6 heteroatoms. The van der Waals surface area contributed by atoms with Gasteiger partial charge in [0.05, 0.1) is 12.7 Å². The van der Waals surface area contributed by atoms with Gasteiger partial charge in [-0.1, -0.05) is 115 Å². The minimum Gasteiger partial charge on any atom is -0.469 e. The molecule has 1 N–H and O–H groups in total. The second-order valence-corrected chi connectivity index (χ2v) is 13.6. The summed E-state index contributed by atoms with van der Waals surface area (Å²) < 4.78 is 13.2. The van der Waals surface area contributed by atoms with Gasteiger partial charge in [-0.3, -0.25) is 4.79 Å². The van der Waals surface area contributed by atoms with Gasteiger partial charge in [-0.2, -0.15) is 4.57 Å². The fourth-order valence-electron chi connectivity index (χ4n) is 7.11. The van der Waals surface area contributed by atoms with Crippen LogP contribution in [0.1, 0.15) is 172 Å². The Balaban J connectivity index is 1.35. The third kappa shape index (κ3) is 14.4. The maximum Gasteiger partial charge on any atom is 0.407 e. The van der Waals surface area contributed by atoms with Crippen LogP contribution in [0.5, 0.6) is 0 Å². The summed E-state index contributed by atoms with van der Waals surface area (Å²) in [7, 11) is 1.45. The highest BCUT2D eigenvalue weighted by molar-refractivity contribution is 5.76. The summed E-state index contributed by atoms with van der Waals surface area (Å²) in [4.78, 5) is 24.4. The molecule has 1 amide bonds. The van der Waals surface area contributed by atoms with Crippen molar-refractivity contribution in [2.24, 2.45) is 0 Å². The zero-order valence-corrected chi connectivity index (χ0v) is 29.4. The first-order valence-corrected chi connectivity index (χ1v) is 19.1. The minimum atomic E-state index is -0.335. The molecule has 1 fully saturated rings. The van der Waals surface area contributed by atoms with Crippen LogP contribution in [0.15, 0.2) is 30.3 Å². The molecule has 0 unspecified atom stereocenters. The van der Waals surface area contributed by atoms with Crippen LogP contribution < -0.4 is 9.88 Å². The molecular formula is C40H65N2O4+. The van der Waals surface area contributed by atoms with Gasteiger partial charge in [-0.25, -0.2) is 4.79 Å². The van der Waals surface area contributed by atoms with Gasteiger partial charge in [0, 0.05) is 43.7 Å². The first-order chi connectivity index (χ1) is 22.6. The number of hydrogen-bond acceptors (Lipinski definition) is 4. The summed E-state index contributed by atoms with van der Waals surface area (Å²) in [6, 6.07) is 11.2. The van der Waals surface area contributed by atoms with Crippen LogP contribution in [-0.2, 0) is 27.3 Å². The van der Waals surface area contributed by atoms with Crippen molar-refractivity contribution in [3.05, 3.63) is 41.6 Å². The molecule has 46 heavy (non-hydrogen) atoms. The Morgan fingerprint density at radius 1 is 0.783 bits per heavy atom. The average molecular weight is 638 g/mol. The number of hydrogen-bond donors (Lipinski definition) is 1. The molecule has 1 aliphatic carbocycles. The van der Waals surface area contributed by atoms with E-state index in [4.69, 9.17) is 9.47 Å². The highest BCUT2D eigenvalue weighted by atomic mass is 16.5. The number of rotatable bonds is 25. The number of aromatic nitrogens is 1. The lowest BCUT2D eigenvalue weighted by Crippen LogP contribution is -2.44. The molecule has 1 heterocycles. The Labute approximate surface area is 280 Å². The maximum atomic E-state index is 12.7. The number of benzene rings is 1. The zero-order valence-electron chi connectivity index (χ0n) is 29.4. The second kappa shape index (κ2) is 23.7. The lowest BCUT2D eigenvalue weighted by Gasteiger charge is -2.17. The van der Waals surface area contributed by atoms with Crippen molar-refractivity contribution in [3.8, 4) is 0 Å². The molecular weight excluding hydrogens is 572 g/mol. The van der Waals surface area contributed by atoms with Crippen LogP contribution in [0.3, 0.4) is 0 Å². The smallest absolute Gasteiger partial charge is 0.407 e. The van der Waals surface area contributed by atoms with Crippen LogP contribution in [0.2, 0.25) is 0 Å². The van der Waals surface area contributed by atoms with Gasteiger partial charge < -0.3 is 14.8 Å². The van der Waals surface area contributed by atoms with Gasteiger partial charge in [0.25, 0.3) is 0 Å². The Hall–Kier alpha value is -2.63. The summed E-state index contributed by atoms with van der Waals surface area (Å²) >= 11 is 0. The largest absolute Gasteiger partial charge is 0.469 e. The molecule has 0 aliphatic heterocycles. The highest BCUT2D eigenvalue weighted by Crippen LogP contribution is 2.29. The molecule has 258 valence electrons. The molecule has 0 saturated heterocycles. The molecule has 0 bridgehead atoms. The van der Waals surface area contributed by atoms with Gasteiger partial charge in [0.15, 0.2) is 11.7 Å². The summed E-state index contributed by atoms with van der Waals surface area (Å²) in [6.07, 6.45) is 28.9. The topological polar surface area (TPSA) is 68.5 Å². The quantitative estimate of drug-likeness (QED) is 0.0668. The number of para-hydroxylation sites is 1. The number of carbonyl (C=O) groups is 2. The van der Waals surface area contributed by atoms with Crippen molar-refractivity contribution in [1.29, 1.82) is 0 Å². The molecule has 0 spiro atoms. The third-order valence-corrected chi connectivity index (χ3v) is 9.81. The maximum absolute atomic E-state index is 12.7. The second-order valence-electron chi connectivity index (χ2n) is 13.6. The van der Waals surface area contributed by atoms with E-state index in [1.165, 1.54) is 139 Å². The SMILES string of the molecule is CCCCCCCCCCCCCCCCCCNC(=O)OCc1cc2ccccc2[n+](C2CCCC2)c1CCCCC(=O)OC. The zero-order chi connectivity index (χ0) is 32.7. The number of fused-ring (bicyclic) bond motifs is 1. The number of amides is 1. The number of esters is 1. The predicted molar refractivity (Wildman–Crippen MR) is 189 cm³/mol. The molecule has 1 saturated carbocycles. The van der Waals surface area contributed by atoms with E-state index in [2.05, 4.69) is 47.1 Å². The monoisotopic (exact) mass is 637 g/mol. The highest BCUT2D eigenvalue weighted by Gasteiger charge is 2.31. The molecule has 6 nitrogen and oxygen atoms in total. The normalized spacial score (nSPS) is 13.3. The molecule has 1 aliphatic rings. The molecule has 3 rings (SSSR count). The number of nitrogens with one attached hydrogen (secondary N) is 1. The summed E-state index contributed by atoms with van der Waals surface area (Å²) in [5.41, 5.74) is 3.55. The number of nitrogens with zero attached hydrogens (tertiary/aromatic N) is 1. The van der Waals surface area contributed by atoms with Crippen molar-refractivity contribution < 1.29 is 23.6 Å². The first-order valence-electron chi connectivity index (χ1n) is 19.1. The van der Waals surface area contributed by atoms with E-state index in [-0.39, 0.29) is 18.7 Å². The number of alkyl carbamates (subject to hydrolysis) is 1. The van der Waals surface area contributed by atoms with Gasteiger partial charge >= 0.3 is 12.1 Å². The van der Waals surface area contributed by atoms with E-state index in [0.29, 0.717) is 19.0 Å². The van der Waals surface area contributed by atoms with E-state index in [1.807, 2.05) is 0 Å². The number of unbranched alkanes of at least 4 members (excludes halogenated alkanes) is 16. The Morgan fingerprint density at radius 3 is 1.98 bits per heavy atom. The molecule has 1 aromatic heterocycles. The van der Waals surface area contributed by atoms with Gasteiger partial charge in [0.1, 0.15) is 6.61 Å². The summed E-state index contributed by atoms with van der Waals surface area (Å²) in [6.45, 7) is 3.21. The Kier molecular flexibility index (Phi) is 19.4. The van der Waals surface area contributed by atoms with E-state index in [9.17, 15) is 9.59 Å². The number of methoxy groups -OCH3 is 1. The summed E-state index contributed by atoms with van der Waals surface area (Å²) in [5.74, 6) is -0.160. The van der Waals surface area contributed by atoms with E-state index >= 15 is 0 Å². The van der Waals surface area contributed by atoms with Crippen LogP contribution in [0.4, 0.5) is 4.79 Å². The average Bonchev–Trinajstić information content (AvgIpc) is 3.61. The fraction of sp³-hybridized carbons (Fsp3) is 0.725.